The van der Waals surface area contributed by atoms with Crippen molar-refractivity contribution in [2.45, 2.75) is 348 Å². The number of rotatable bonds is 61. The van der Waals surface area contributed by atoms with E-state index in [9.17, 15) is 14.4 Å². The first-order valence-electron chi connectivity index (χ1n) is 33.4. The first-order valence-corrected chi connectivity index (χ1v) is 33.4. The summed E-state index contributed by atoms with van der Waals surface area (Å²) in [6.45, 7) is 6.55. The summed E-state index contributed by atoms with van der Waals surface area (Å²) < 4.78 is 17.0. The van der Waals surface area contributed by atoms with E-state index in [-0.39, 0.29) is 31.1 Å². The minimum absolute atomic E-state index is 0.0758. The third-order valence-electron chi connectivity index (χ3n) is 14.7. The lowest BCUT2D eigenvalue weighted by Crippen LogP contribution is -2.30. The van der Waals surface area contributed by atoms with Crippen LogP contribution in [0.2, 0.25) is 0 Å². The Balaban J connectivity index is 4.27. The summed E-state index contributed by atoms with van der Waals surface area (Å²) in [5.74, 6) is -0.868. The maximum absolute atomic E-state index is 12.9. The molecule has 0 aliphatic carbocycles. The van der Waals surface area contributed by atoms with Gasteiger partial charge < -0.3 is 14.2 Å². The molecular weight excluding hydrogens is 949 g/mol. The summed E-state index contributed by atoms with van der Waals surface area (Å²) in [6.07, 6.45) is 84.9. The van der Waals surface area contributed by atoms with E-state index >= 15 is 0 Å². The van der Waals surface area contributed by atoms with Gasteiger partial charge in [-0.15, -0.1) is 0 Å². The molecular formula is C71H126O6. The zero-order valence-corrected chi connectivity index (χ0v) is 51.2. The third kappa shape index (κ3) is 63.6. The van der Waals surface area contributed by atoms with Crippen molar-refractivity contribution >= 4 is 17.9 Å². The number of esters is 3. The predicted molar refractivity (Wildman–Crippen MR) is 335 cm³/mol. The SMILES string of the molecule is CC/C=C\C/C=C\C/C=C\C/C=C\C/C=C\CCCCCCCCCCCCCC(=O)OCC(COC(=O)CCCCCCC/C=C\CCCCCC)OC(=O)CCCCCCCCCCCCCCCCCCCCC. The molecule has 0 saturated heterocycles. The fourth-order valence-corrected chi connectivity index (χ4v) is 9.70. The van der Waals surface area contributed by atoms with Crippen molar-refractivity contribution in [1.82, 2.24) is 0 Å². The van der Waals surface area contributed by atoms with Crippen LogP contribution in [-0.4, -0.2) is 37.2 Å². The maximum atomic E-state index is 12.9. The number of allylic oxidation sites excluding steroid dienone is 12. The van der Waals surface area contributed by atoms with Crippen LogP contribution in [0.3, 0.4) is 0 Å². The second kappa shape index (κ2) is 65.4. The number of hydrogen-bond acceptors (Lipinski definition) is 6. The largest absolute Gasteiger partial charge is 0.462 e. The molecule has 1 atom stereocenters. The van der Waals surface area contributed by atoms with E-state index in [4.69, 9.17) is 14.2 Å². The molecule has 0 radical (unpaired) electrons. The summed E-state index contributed by atoms with van der Waals surface area (Å²) in [5, 5.41) is 0. The van der Waals surface area contributed by atoms with E-state index in [0.717, 1.165) is 96.3 Å². The summed E-state index contributed by atoms with van der Waals surface area (Å²) in [6, 6.07) is 0. The molecule has 0 bridgehead atoms. The smallest absolute Gasteiger partial charge is 0.306 e. The molecule has 0 saturated carbocycles. The molecule has 0 aliphatic heterocycles. The van der Waals surface area contributed by atoms with Crippen molar-refractivity contribution in [3.8, 4) is 0 Å². The van der Waals surface area contributed by atoms with E-state index in [1.165, 1.54) is 205 Å². The Hall–Kier alpha value is -3.15. The molecule has 446 valence electrons. The molecule has 77 heavy (non-hydrogen) atoms. The van der Waals surface area contributed by atoms with Crippen LogP contribution in [0.25, 0.3) is 0 Å². The van der Waals surface area contributed by atoms with Gasteiger partial charge in [-0.2, -0.15) is 0 Å². The van der Waals surface area contributed by atoms with E-state index < -0.39 is 6.10 Å². The van der Waals surface area contributed by atoms with Crippen molar-refractivity contribution in [3.63, 3.8) is 0 Å². The fraction of sp³-hybridized carbons (Fsp3) is 0.789. The highest BCUT2D eigenvalue weighted by Crippen LogP contribution is 2.17. The van der Waals surface area contributed by atoms with Gasteiger partial charge in [-0.05, 0) is 89.9 Å². The first-order chi connectivity index (χ1) is 38.0. The molecule has 6 heteroatoms. The molecule has 0 aliphatic rings. The average Bonchev–Trinajstić information content (AvgIpc) is 3.43. The number of unbranched alkanes of at least 4 members (excludes halogenated alkanes) is 38. The summed E-state index contributed by atoms with van der Waals surface area (Å²) in [5.41, 5.74) is 0. The highest BCUT2D eigenvalue weighted by molar-refractivity contribution is 5.71. The zero-order valence-electron chi connectivity index (χ0n) is 51.2. The number of carbonyl (C=O) groups is 3. The van der Waals surface area contributed by atoms with Crippen LogP contribution >= 0.6 is 0 Å². The lowest BCUT2D eigenvalue weighted by molar-refractivity contribution is -0.167. The topological polar surface area (TPSA) is 78.9 Å². The highest BCUT2D eigenvalue weighted by atomic mass is 16.6. The first kappa shape index (κ1) is 73.8. The molecule has 0 fully saturated rings. The molecule has 0 spiro atoms. The van der Waals surface area contributed by atoms with Gasteiger partial charge in [-0.3, -0.25) is 14.4 Å². The Labute approximate surface area is 478 Å². The lowest BCUT2D eigenvalue weighted by Gasteiger charge is -2.18. The average molecular weight is 1080 g/mol. The van der Waals surface area contributed by atoms with E-state index in [1.807, 2.05) is 0 Å². The van der Waals surface area contributed by atoms with Crippen molar-refractivity contribution in [2.24, 2.45) is 0 Å². The molecule has 0 aromatic heterocycles. The molecule has 0 rings (SSSR count). The van der Waals surface area contributed by atoms with Crippen molar-refractivity contribution in [2.75, 3.05) is 13.2 Å². The van der Waals surface area contributed by atoms with Crippen molar-refractivity contribution < 1.29 is 28.6 Å². The van der Waals surface area contributed by atoms with Crippen molar-refractivity contribution in [1.29, 1.82) is 0 Å². The second-order valence-electron chi connectivity index (χ2n) is 22.4. The Kier molecular flexibility index (Phi) is 62.7. The van der Waals surface area contributed by atoms with Crippen molar-refractivity contribution in [3.05, 3.63) is 72.9 Å². The van der Waals surface area contributed by atoms with E-state index in [0.29, 0.717) is 19.3 Å². The van der Waals surface area contributed by atoms with Crippen LogP contribution in [0, 0.1) is 0 Å². The minimum atomic E-state index is -0.778. The van der Waals surface area contributed by atoms with Crippen LogP contribution in [-0.2, 0) is 28.6 Å². The maximum Gasteiger partial charge on any atom is 0.306 e. The van der Waals surface area contributed by atoms with Gasteiger partial charge in [0.2, 0.25) is 0 Å². The number of hydrogen-bond donors (Lipinski definition) is 0. The Morgan fingerprint density at radius 1 is 0.273 bits per heavy atom. The van der Waals surface area contributed by atoms with E-state index in [2.05, 4.69) is 93.7 Å². The normalized spacial score (nSPS) is 12.5. The van der Waals surface area contributed by atoms with Gasteiger partial charge in [0.25, 0.3) is 0 Å². The number of ether oxygens (including phenoxy) is 3. The molecule has 1 unspecified atom stereocenters. The summed E-state index contributed by atoms with van der Waals surface area (Å²) in [7, 11) is 0. The minimum Gasteiger partial charge on any atom is -0.462 e. The zero-order chi connectivity index (χ0) is 55.7. The quantitative estimate of drug-likeness (QED) is 0.0261. The Morgan fingerprint density at radius 3 is 0.818 bits per heavy atom. The van der Waals surface area contributed by atoms with Gasteiger partial charge in [-0.25, -0.2) is 0 Å². The van der Waals surface area contributed by atoms with Crippen LogP contribution in [0.4, 0.5) is 0 Å². The molecule has 0 aromatic carbocycles. The van der Waals surface area contributed by atoms with Crippen LogP contribution in [0.1, 0.15) is 342 Å². The monoisotopic (exact) mass is 1070 g/mol. The van der Waals surface area contributed by atoms with Crippen LogP contribution < -0.4 is 0 Å². The van der Waals surface area contributed by atoms with E-state index in [1.54, 1.807) is 0 Å². The standard InChI is InChI=1S/C71H126O6/c1-4-7-10-13-16-19-22-25-27-29-31-32-33-34-35-36-37-38-40-41-43-46-49-52-55-58-61-64-70(73)76-67-68(66-75-69(72)63-60-57-54-51-48-45-24-21-18-15-12-9-6-3)77-71(74)65-62-59-56-53-50-47-44-42-39-30-28-26-23-20-17-14-11-8-5-2/h7,10,16,19,21,24-25,27,31-32,34-35,68H,4-6,8-9,11-15,17-18,20,22-23,26,28-30,33,36-67H2,1-3H3/b10-7-,19-16-,24-21-,27-25-,32-31-,35-34-. The second-order valence-corrected chi connectivity index (χ2v) is 22.4. The van der Waals surface area contributed by atoms with Gasteiger partial charge >= 0.3 is 17.9 Å². The molecule has 0 aromatic rings. The van der Waals surface area contributed by atoms with Gasteiger partial charge in [0, 0.05) is 19.3 Å². The van der Waals surface area contributed by atoms with Crippen LogP contribution in [0.15, 0.2) is 72.9 Å². The van der Waals surface area contributed by atoms with Gasteiger partial charge in [0.1, 0.15) is 13.2 Å². The number of carbonyl (C=O) groups excluding carboxylic acids is 3. The molecule has 6 nitrogen and oxygen atoms in total. The summed E-state index contributed by atoms with van der Waals surface area (Å²) >= 11 is 0. The van der Waals surface area contributed by atoms with Gasteiger partial charge in [0.05, 0.1) is 0 Å². The Morgan fingerprint density at radius 2 is 0.506 bits per heavy atom. The van der Waals surface area contributed by atoms with Crippen LogP contribution in [0.5, 0.6) is 0 Å². The Bertz CT molecular complexity index is 1420. The predicted octanol–water partition coefficient (Wildman–Crippen LogP) is 22.9. The molecule has 0 N–H and O–H groups in total. The summed E-state index contributed by atoms with van der Waals surface area (Å²) in [4.78, 5) is 38.3. The third-order valence-corrected chi connectivity index (χ3v) is 14.7. The van der Waals surface area contributed by atoms with Gasteiger partial charge in [-0.1, -0.05) is 306 Å². The molecule has 0 amide bonds. The fourth-order valence-electron chi connectivity index (χ4n) is 9.70. The molecule has 0 heterocycles. The highest BCUT2D eigenvalue weighted by Gasteiger charge is 2.19. The lowest BCUT2D eigenvalue weighted by atomic mass is 10.0. The van der Waals surface area contributed by atoms with Gasteiger partial charge in [0.15, 0.2) is 6.10 Å².